The molecule has 1 saturated heterocycles. The second-order valence-electron chi connectivity index (χ2n) is 7.45. The number of furan rings is 2. The summed E-state index contributed by atoms with van der Waals surface area (Å²) in [6.07, 6.45) is 2.51. The Morgan fingerprint density at radius 1 is 1.07 bits per heavy atom. The van der Waals surface area contributed by atoms with Crippen LogP contribution < -0.4 is 10.6 Å². The van der Waals surface area contributed by atoms with E-state index in [1.807, 2.05) is 30.3 Å². The topological polar surface area (TPSA) is 75.2 Å². The van der Waals surface area contributed by atoms with Gasteiger partial charge >= 0.3 is 0 Å². The van der Waals surface area contributed by atoms with E-state index in [4.69, 9.17) is 18.6 Å². The first-order valence-corrected chi connectivity index (χ1v) is 10.6. The van der Waals surface area contributed by atoms with Gasteiger partial charge in [0.1, 0.15) is 23.6 Å². The minimum atomic E-state index is 0.494. The predicted octanol–water partition coefficient (Wildman–Crippen LogP) is 2.94. The number of rotatable bonds is 8. The van der Waals surface area contributed by atoms with Gasteiger partial charge in [-0.05, 0) is 25.1 Å². The van der Waals surface area contributed by atoms with Crippen molar-refractivity contribution in [2.45, 2.75) is 19.9 Å². The summed E-state index contributed by atoms with van der Waals surface area (Å²) < 4.78 is 16.9. The highest BCUT2D eigenvalue weighted by Gasteiger charge is 2.11. The summed E-state index contributed by atoms with van der Waals surface area (Å²) in [5, 5.41) is 8.02. The molecule has 0 radical (unpaired) electrons. The molecule has 1 aliphatic heterocycles. The fraction of sp³-hybridized carbons (Fsp3) is 0.435. The molecule has 7 heteroatoms. The summed E-state index contributed by atoms with van der Waals surface area (Å²) in [5.74, 6) is 2.65. The minimum Gasteiger partial charge on any atom is -0.469 e. The normalized spacial score (nSPS) is 15.6. The van der Waals surface area contributed by atoms with Crippen LogP contribution in [0.25, 0.3) is 11.0 Å². The number of fused-ring (bicyclic) bond motifs is 1. The molecule has 0 atom stereocenters. The van der Waals surface area contributed by atoms with Crippen molar-refractivity contribution in [3.63, 3.8) is 0 Å². The molecule has 0 spiro atoms. The Morgan fingerprint density at radius 3 is 2.70 bits per heavy atom. The molecule has 160 valence electrons. The SMILES string of the molecule is Cc1c(CN=C(NCCc2ccco2)NCCN2CCOCC2)oc2ccccc12. The van der Waals surface area contributed by atoms with Crippen molar-refractivity contribution in [1.29, 1.82) is 0 Å². The second-order valence-corrected chi connectivity index (χ2v) is 7.45. The first kappa shape index (κ1) is 20.5. The summed E-state index contributed by atoms with van der Waals surface area (Å²) in [6, 6.07) is 12.0. The maximum atomic E-state index is 6.01. The largest absolute Gasteiger partial charge is 0.469 e. The highest BCUT2D eigenvalue weighted by molar-refractivity contribution is 5.82. The number of morpholine rings is 1. The van der Waals surface area contributed by atoms with Gasteiger partial charge in [0.2, 0.25) is 0 Å². The lowest BCUT2D eigenvalue weighted by molar-refractivity contribution is 0.0389. The zero-order valence-corrected chi connectivity index (χ0v) is 17.5. The van der Waals surface area contributed by atoms with E-state index in [1.54, 1.807) is 6.26 Å². The number of hydrogen-bond acceptors (Lipinski definition) is 5. The average molecular weight is 411 g/mol. The quantitative estimate of drug-likeness (QED) is 0.439. The van der Waals surface area contributed by atoms with Crippen molar-refractivity contribution in [3.05, 3.63) is 59.7 Å². The third-order valence-corrected chi connectivity index (χ3v) is 5.39. The summed E-state index contributed by atoms with van der Waals surface area (Å²) >= 11 is 0. The zero-order valence-electron chi connectivity index (χ0n) is 17.5. The predicted molar refractivity (Wildman–Crippen MR) is 118 cm³/mol. The van der Waals surface area contributed by atoms with Gasteiger partial charge in [0.05, 0.1) is 19.5 Å². The monoisotopic (exact) mass is 410 g/mol. The molecule has 3 aromatic rings. The molecule has 3 heterocycles. The van der Waals surface area contributed by atoms with E-state index >= 15 is 0 Å². The summed E-state index contributed by atoms with van der Waals surface area (Å²) in [7, 11) is 0. The number of nitrogens with zero attached hydrogens (tertiary/aromatic N) is 2. The van der Waals surface area contributed by atoms with Gasteiger partial charge in [-0.1, -0.05) is 18.2 Å². The number of benzene rings is 1. The Morgan fingerprint density at radius 2 is 1.90 bits per heavy atom. The van der Waals surface area contributed by atoms with Crippen molar-refractivity contribution in [2.24, 2.45) is 4.99 Å². The number of aliphatic imine (C=N–C) groups is 1. The fourth-order valence-electron chi connectivity index (χ4n) is 3.62. The van der Waals surface area contributed by atoms with Gasteiger partial charge in [-0.15, -0.1) is 0 Å². The molecule has 2 N–H and O–H groups in total. The van der Waals surface area contributed by atoms with Crippen LogP contribution in [-0.4, -0.2) is 56.8 Å². The van der Waals surface area contributed by atoms with E-state index < -0.39 is 0 Å². The van der Waals surface area contributed by atoms with E-state index in [2.05, 4.69) is 28.5 Å². The average Bonchev–Trinajstić information content (AvgIpc) is 3.41. The molecule has 2 aromatic heterocycles. The van der Waals surface area contributed by atoms with Crippen LogP contribution in [0.15, 0.2) is 56.5 Å². The van der Waals surface area contributed by atoms with Crippen LogP contribution in [0.2, 0.25) is 0 Å². The molecule has 0 saturated carbocycles. The van der Waals surface area contributed by atoms with Gasteiger partial charge in [-0.3, -0.25) is 4.90 Å². The van der Waals surface area contributed by atoms with Gasteiger partial charge in [0.25, 0.3) is 0 Å². The maximum Gasteiger partial charge on any atom is 0.191 e. The lowest BCUT2D eigenvalue weighted by Gasteiger charge is -2.26. The Hall–Kier alpha value is -2.77. The highest BCUT2D eigenvalue weighted by Crippen LogP contribution is 2.25. The van der Waals surface area contributed by atoms with Crippen LogP contribution in [0, 0.1) is 6.92 Å². The standard InChI is InChI=1S/C23H30N4O3/c1-18-20-6-2-3-7-21(20)30-22(18)17-26-23(24-9-8-19-5-4-14-29-19)25-10-11-27-12-15-28-16-13-27/h2-7,14H,8-13,15-17H2,1H3,(H2,24,25,26). The molecular weight excluding hydrogens is 380 g/mol. The third kappa shape index (κ3) is 5.43. The molecule has 0 amide bonds. The first-order chi connectivity index (χ1) is 14.8. The van der Waals surface area contributed by atoms with E-state index in [1.165, 1.54) is 0 Å². The van der Waals surface area contributed by atoms with E-state index in [0.717, 1.165) is 86.4 Å². The van der Waals surface area contributed by atoms with Gasteiger partial charge in [0.15, 0.2) is 5.96 Å². The van der Waals surface area contributed by atoms with Gasteiger partial charge in [0, 0.05) is 50.1 Å². The Kier molecular flexibility index (Phi) is 7.05. The smallest absolute Gasteiger partial charge is 0.191 e. The molecule has 4 rings (SSSR count). The molecule has 1 fully saturated rings. The van der Waals surface area contributed by atoms with Gasteiger partial charge in [-0.2, -0.15) is 0 Å². The molecule has 0 unspecified atom stereocenters. The lowest BCUT2D eigenvalue weighted by Crippen LogP contribution is -2.44. The molecule has 30 heavy (non-hydrogen) atoms. The van der Waals surface area contributed by atoms with Crippen molar-refractivity contribution in [2.75, 3.05) is 45.9 Å². The third-order valence-electron chi connectivity index (χ3n) is 5.39. The first-order valence-electron chi connectivity index (χ1n) is 10.6. The Labute approximate surface area is 177 Å². The number of hydrogen-bond donors (Lipinski definition) is 2. The second kappa shape index (κ2) is 10.3. The molecule has 1 aliphatic rings. The van der Waals surface area contributed by atoms with Crippen LogP contribution in [-0.2, 0) is 17.7 Å². The highest BCUT2D eigenvalue weighted by atomic mass is 16.5. The minimum absolute atomic E-state index is 0.494. The van der Waals surface area contributed by atoms with Crippen molar-refractivity contribution in [3.8, 4) is 0 Å². The number of nitrogens with one attached hydrogen (secondary N) is 2. The number of ether oxygens (including phenoxy) is 1. The molecule has 0 bridgehead atoms. The zero-order chi connectivity index (χ0) is 20.6. The van der Waals surface area contributed by atoms with Crippen LogP contribution in [0.3, 0.4) is 0 Å². The van der Waals surface area contributed by atoms with Gasteiger partial charge < -0.3 is 24.2 Å². The number of guanidine groups is 1. The number of aryl methyl sites for hydroxylation is 1. The lowest BCUT2D eigenvalue weighted by atomic mass is 10.1. The number of para-hydroxylation sites is 1. The summed E-state index contributed by atoms with van der Waals surface area (Å²) in [5.41, 5.74) is 2.06. The maximum absolute atomic E-state index is 6.01. The fourth-order valence-corrected chi connectivity index (χ4v) is 3.62. The molecular formula is C23H30N4O3. The Balaban J connectivity index is 1.37. The Bertz CT molecular complexity index is 943. The van der Waals surface area contributed by atoms with Crippen molar-refractivity contribution < 1.29 is 13.6 Å². The van der Waals surface area contributed by atoms with E-state index in [-0.39, 0.29) is 0 Å². The van der Waals surface area contributed by atoms with Crippen molar-refractivity contribution >= 4 is 16.9 Å². The molecule has 0 aliphatic carbocycles. The summed E-state index contributed by atoms with van der Waals surface area (Å²) in [4.78, 5) is 7.18. The summed E-state index contributed by atoms with van der Waals surface area (Å²) in [6.45, 7) is 8.71. The van der Waals surface area contributed by atoms with Crippen LogP contribution in [0.5, 0.6) is 0 Å². The molecule has 7 nitrogen and oxygen atoms in total. The van der Waals surface area contributed by atoms with E-state index in [9.17, 15) is 0 Å². The molecule has 1 aromatic carbocycles. The van der Waals surface area contributed by atoms with Crippen LogP contribution in [0.4, 0.5) is 0 Å². The van der Waals surface area contributed by atoms with Gasteiger partial charge in [-0.25, -0.2) is 4.99 Å². The van der Waals surface area contributed by atoms with E-state index in [0.29, 0.717) is 6.54 Å². The van der Waals surface area contributed by atoms with Crippen LogP contribution in [0.1, 0.15) is 17.1 Å². The van der Waals surface area contributed by atoms with Crippen molar-refractivity contribution in [1.82, 2.24) is 15.5 Å². The van der Waals surface area contributed by atoms with Crippen LogP contribution >= 0.6 is 0 Å².